The third kappa shape index (κ3) is 3.07. The first kappa shape index (κ1) is 12.6. The minimum atomic E-state index is 0.210. The Morgan fingerprint density at radius 1 is 1.41 bits per heavy atom. The third-order valence-electron chi connectivity index (χ3n) is 2.63. The lowest BCUT2D eigenvalue weighted by molar-refractivity contribution is -0.672. The fraction of sp³-hybridized carbons (Fsp3) is 0.385. The normalized spacial score (nSPS) is 10.9. The average molecular weight is 266 g/mol. The Bertz CT molecular complexity index is 533. The number of para-hydroxylation sites is 1. The van der Waals surface area contributed by atoms with Crippen molar-refractivity contribution in [1.82, 2.24) is 0 Å². The van der Waals surface area contributed by atoms with E-state index in [9.17, 15) is 4.79 Å². The van der Waals surface area contributed by atoms with Gasteiger partial charge in [0.2, 0.25) is 10.5 Å². The van der Waals surface area contributed by atoms with Crippen molar-refractivity contribution in [2.45, 2.75) is 26.8 Å². The van der Waals surface area contributed by atoms with Crippen LogP contribution in [0.25, 0.3) is 10.2 Å². The van der Waals surface area contributed by atoms with E-state index in [-0.39, 0.29) is 5.12 Å². The van der Waals surface area contributed by atoms with Crippen molar-refractivity contribution in [1.29, 1.82) is 0 Å². The summed E-state index contributed by atoms with van der Waals surface area (Å²) in [5.41, 5.74) is 1.31. The quantitative estimate of drug-likeness (QED) is 0.626. The van der Waals surface area contributed by atoms with E-state index in [4.69, 9.17) is 0 Å². The van der Waals surface area contributed by atoms with Crippen molar-refractivity contribution in [3.05, 3.63) is 29.3 Å². The Kier molecular flexibility index (Phi) is 4.18. The van der Waals surface area contributed by atoms with Crippen LogP contribution in [0.5, 0.6) is 0 Å². The van der Waals surface area contributed by atoms with Crippen molar-refractivity contribution in [2.24, 2.45) is 0 Å². The number of hydrogen-bond donors (Lipinski definition) is 0. The summed E-state index contributed by atoms with van der Waals surface area (Å²) >= 11 is 3.25. The van der Waals surface area contributed by atoms with E-state index in [1.54, 1.807) is 6.92 Å². The molecule has 1 aromatic heterocycles. The maximum absolute atomic E-state index is 10.8. The lowest BCUT2D eigenvalue weighted by Gasteiger charge is -1.96. The summed E-state index contributed by atoms with van der Waals surface area (Å²) in [6.45, 7) is 4.78. The van der Waals surface area contributed by atoms with Crippen molar-refractivity contribution in [2.75, 3.05) is 5.75 Å². The maximum Gasteiger partial charge on any atom is 0.235 e. The zero-order chi connectivity index (χ0) is 12.3. The summed E-state index contributed by atoms with van der Waals surface area (Å²) in [5, 5.41) is 1.54. The number of benzene rings is 1. The van der Waals surface area contributed by atoms with E-state index in [1.807, 2.05) is 11.3 Å². The molecule has 4 heteroatoms. The molecule has 2 rings (SSSR count). The van der Waals surface area contributed by atoms with E-state index in [0.29, 0.717) is 0 Å². The number of carbonyl (C=O) groups excluding carboxylic acids is 1. The number of thioether (sulfide) groups is 1. The predicted octanol–water partition coefficient (Wildman–Crippen LogP) is 3.17. The smallest absolute Gasteiger partial charge is 0.235 e. The number of aromatic nitrogens is 1. The van der Waals surface area contributed by atoms with Gasteiger partial charge in [-0.05, 0) is 6.07 Å². The van der Waals surface area contributed by atoms with Gasteiger partial charge in [-0.25, -0.2) is 0 Å². The number of nitrogens with zero attached hydrogens (tertiary/aromatic N) is 1. The van der Waals surface area contributed by atoms with Crippen LogP contribution in [0.2, 0.25) is 0 Å². The molecule has 0 aliphatic heterocycles. The first-order valence-corrected chi connectivity index (χ1v) is 7.50. The maximum atomic E-state index is 10.8. The largest absolute Gasteiger partial charge is 0.288 e. The van der Waals surface area contributed by atoms with Crippen molar-refractivity contribution in [3.63, 3.8) is 0 Å². The SMILES string of the molecule is CC(=O)SCCC[n+]1c(C)sc2ccccc21. The molecule has 0 aliphatic carbocycles. The molecule has 0 N–H and O–H groups in total. The van der Waals surface area contributed by atoms with E-state index in [2.05, 4.69) is 35.8 Å². The van der Waals surface area contributed by atoms with Crippen LogP contribution >= 0.6 is 23.1 Å². The second-order valence-corrected chi connectivity index (χ2v) is 6.44. The fourth-order valence-electron chi connectivity index (χ4n) is 1.87. The highest BCUT2D eigenvalue weighted by molar-refractivity contribution is 8.13. The Morgan fingerprint density at radius 2 is 2.18 bits per heavy atom. The summed E-state index contributed by atoms with van der Waals surface area (Å²) in [5.74, 6) is 0.909. The van der Waals surface area contributed by atoms with Gasteiger partial charge in [-0.2, -0.15) is 4.57 Å². The summed E-state index contributed by atoms with van der Waals surface area (Å²) in [6.07, 6.45) is 1.04. The van der Waals surface area contributed by atoms with Crippen molar-refractivity contribution >= 4 is 38.4 Å². The molecule has 0 bridgehead atoms. The minimum absolute atomic E-state index is 0.210. The molecule has 0 radical (unpaired) electrons. The molecule has 0 atom stereocenters. The van der Waals surface area contributed by atoms with Gasteiger partial charge in [-0.1, -0.05) is 35.2 Å². The number of thiazole rings is 1. The van der Waals surface area contributed by atoms with Crippen LogP contribution in [0, 0.1) is 6.92 Å². The van der Waals surface area contributed by atoms with Crippen molar-refractivity contribution in [3.8, 4) is 0 Å². The molecule has 0 aliphatic rings. The number of aryl methyl sites for hydroxylation is 2. The number of rotatable bonds is 4. The van der Waals surface area contributed by atoms with Gasteiger partial charge in [0.25, 0.3) is 0 Å². The van der Waals surface area contributed by atoms with E-state index in [1.165, 1.54) is 27.0 Å². The van der Waals surface area contributed by atoms with Crippen LogP contribution in [0.15, 0.2) is 24.3 Å². The first-order chi connectivity index (χ1) is 8.18. The van der Waals surface area contributed by atoms with E-state index >= 15 is 0 Å². The number of carbonyl (C=O) groups is 1. The highest BCUT2D eigenvalue weighted by Gasteiger charge is 2.15. The van der Waals surface area contributed by atoms with Crippen LogP contribution in [0.1, 0.15) is 18.4 Å². The van der Waals surface area contributed by atoms with Gasteiger partial charge >= 0.3 is 0 Å². The molecule has 0 fully saturated rings. The van der Waals surface area contributed by atoms with Gasteiger partial charge in [-0.15, -0.1) is 0 Å². The van der Waals surface area contributed by atoms with E-state index in [0.717, 1.165) is 18.7 Å². The van der Waals surface area contributed by atoms with Gasteiger partial charge < -0.3 is 0 Å². The zero-order valence-electron chi connectivity index (χ0n) is 10.1. The number of fused-ring (bicyclic) bond motifs is 1. The van der Waals surface area contributed by atoms with Crippen LogP contribution in [0.4, 0.5) is 0 Å². The standard InChI is InChI=1S/C13H16NOS2/c1-10-14(8-5-9-16-11(2)15)12-6-3-4-7-13(12)17-10/h3-4,6-7H,5,8-9H2,1-2H3/q+1. The van der Waals surface area contributed by atoms with Gasteiger partial charge in [0.1, 0.15) is 4.70 Å². The van der Waals surface area contributed by atoms with Gasteiger partial charge in [-0.3, -0.25) is 4.79 Å². The summed E-state index contributed by atoms with van der Waals surface area (Å²) in [6, 6.07) is 8.48. The average Bonchev–Trinajstić information content (AvgIpc) is 2.60. The predicted molar refractivity (Wildman–Crippen MR) is 74.5 cm³/mol. The van der Waals surface area contributed by atoms with Crippen LogP contribution in [-0.4, -0.2) is 10.9 Å². The molecule has 90 valence electrons. The summed E-state index contributed by atoms with van der Waals surface area (Å²) < 4.78 is 3.69. The molecule has 0 spiro atoms. The fourth-order valence-corrected chi connectivity index (χ4v) is 3.48. The Balaban J connectivity index is 2.07. The zero-order valence-corrected chi connectivity index (χ0v) is 11.7. The third-order valence-corrected chi connectivity index (χ3v) is 4.61. The molecule has 2 aromatic rings. The number of hydrogen-bond acceptors (Lipinski definition) is 3. The second-order valence-electron chi connectivity index (χ2n) is 3.93. The molecule has 2 nitrogen and oxygen atoms in total. The highest BCUT2D eigenvalue weighted by Crippen LogP contribution is 2.19. The van der Waals surface area contributed by atoms with Gasteiger partial charge in [0.05, 0.1) is 0 Å². The van der Waals surface area contributed by atoms with Crippen LogP contribution in [-0.2, 0) is 11.3 Å². The van der Waals surface area contributed by atoms with Gasteiger partial charge in [0.15, 0.2) is 11.7 Å². The molecule has 0 saturated carbocycles. The van der Waals surface area contributed by atoms with Crippen LogP contribution < -0.4 is 4.57 Å². The van der Waals surface area contributed by atoms with Crippen molar-refractivity contribution < 1.29 is 9.36 Å². The molecular weight excluding hydrogens is 250 g/mol. The lowest BCUT2D eigenvalue weighted by Crippen LogP contribution is -2.35. The topological polar surface area (TPSA) is 20.9 Å². The molecule has 0 saturated heterocycles. The summed E-state index contributed by atoms with van der Waals surface area (Å²) in [7, 11) is 0. The summed E-state index contributed by atoms with van der Waals surface area (Å²) in [4.78, 5) is 10.8. The Morgan fingerprint density at radius 3 is 2.94 bits per heavy atom. The Hall–Kier alpha value is -0.870. The monoisotopic (exact) mass is 266 g/mol. The lowest BCUT2D eigenvalue weighted by atomic mass is 10.3. The molecular formula is C13H16NOS2+. The molecule has 1 aromatic carbocycles. The highest BCUT2D eigenvalue weighted by atomic mass is 32.2. The van der Waals surface area contributed by atoms with Gasteiger partial charge in [0, 0.05) is 32.1 Å². The van der Waals surface area contributed by atoms with E-state index < -0.39 is 0 Å². The minimum Gasteiger partial charge on any atom is -0.288 e. The molecule has 0 amide bonds. The van der Waals surface area contributed by atoms with Crippen LogP contribution in [0.3, 0.4) is 0 Å². The first-order valence-electron chi connectivity index (χ1n) is 5.70. The molecule has 1 heterocycles. The Labute approximate surface area is 110 Å². The second kappa shape index (κ2) is 5.65. The molecule has 0 unspecified atom stereocenters. The molecule has 17 heavy (non-hydrogen) atoms.